The average molecular weight is 552 g/mol. The molecule has 2 aliphatic heterocycles. The standard InChI is InChI=1S/C31H35ClFN3O3/c1-22-17-27(36-14-6-7-15-36)25(33)18-23(22)20-35-13-5-2-8-16-38-29-9-3-4-10-30(29)39-28-12-11-24(32)19-26(28)34-31(37)21-35/h3-4,9-12,17-19H,2,5-8,13-16,20-21H2,1H3,(H,34,37). The number of ether oxygens (including phenoxy) is 2. The first-order chi connectivity index (χ1) is 19.0. The first-order valence-corrected chi connectivity index (χ1v) is 14.1. The Morgan fingerprint density at radius 1 is 0.923 bits per heavy atom. The van der Waals surface area contributed by atoms with Gasteiger partial charge in [0.05, 0.1) is 24.5 Å². The van der Waals surface area contributed by atoms with E-state index in [4.69, 9.17) is 21.1 Å². The van der Waals surface area contributed by atoms with Crippen LogP contribution < -0.4 is 19.7 Å². The summed E-state index contributed by atoms with van der Waals surface area (Å²) in [6.07, 6.45) is 4.90. The number of amides is 1. The predicted octanol–water partition coefficient (Wildman–Crippen LogP) is 7.18. The van der Waals surface area contributed by atoms with Crippen molar-refractivity contribution in [1.82, 2.24) is 4.90 Å². The minimum atomic E-state index is -0.197. The van der Waals surface area contributed by atoms with Crippen LogP contribution in [0.1, 0.15) is 43.2 Å². The Balaban J connectivity index is 1.37. The molecule has 1 N–H and O–H groups in total. The summed E-state index contributed by atoms with van der Waals surface area (Å²) in [6.45, 7) is 5.72. The quantitative estimate of drug-likeness (QED) is 0.373. The molecular formula is C31H35ClFN3O3. The van der Waals surface area contributed by atoms with Gasteiger partial charge in [-0.25, -0.2) is 4.39 Å². The van der Waals surface area contributed by atoms with Crippen molar-refractivity contribution in [3.63, 3.8) is 0 Å². The molecule has 3 aromatic carbocycles. The summed E-state index contributed by atoms with van der Waals surface area (Å²) < 4.78 is 27.3. The van der Waals surface area contributed by atoms with Crippen LogP contribution in [0.2, 0.25) is 5.02 Å². The minimum absolute atomic E-state index is 0.161. The molecular weight excluding hydrogens is 517 g/mol. The van der Waals surface area contributed by atoms with E-state index < -0.39 is 0 Å². The molecule has 0 spiro atoms. The van der Waals surface area contributed by atoms with Crippen molar-refractivity contribution in [3.05, 3.63) is 76.6 Å². The monoisotopic (exact) mass is 551 g/mol. The van der Waals surface area contributed by atoms with Crippen LogP contribution in [0.15, 0.2) is 54.6 Å². The number of hydrogen-bond donors (Lipinski definition) is 1. The number of carbonyl (C=O) groups is 1. The van der Waals surface area contributed by atoms with Crippen LogP contribution in [0, 0.1) is 12.7 Å². The largest absolute Gasteiger partial charge is 0.490 e. The fourth-order valence-corrected chi connectivity index (χ4v) is 5.36. The number of rotatable bonds is 3. The number of benzene rings is 3. The second kappa shape index (κ2) is 12.7. The van der Waals surface area contributed by atoms with Crippen molar-refractivity contribution in [2.24, 2.45) is 0 Å². The molecule has 2 aliphatic rings. The lowest BCUT2D eigenvalue weighted by atomic mass is 10.1. The van der Waals surface area contributed by atoms with Gasteiger partial charge in [-0.05, 0) is 99.2 Å². The molecule has 0 radical (unpaired) electrons. The Morgan fingerprint density at radius 2 is 1.69 bits per heavy atom. The summed E-state index contributed by atoms with van der Waals surface area (Å²) in [6, 6.07) is 16.2. The number of para-hydroxylation sites is 2. The number of fused-ring (bicyclic) bond motifs is 2. The average Bonchev–Trinajstić information content (AvgIpc) is 3.44. The van der Waals surface area contributed by atoms with Crippen molar-refractivity contribution >= 4 is 28.9 Å². The Labute approximate surface area is 234 Å². The second-order valence-corrected chi connectivity index (χ2v) is 10.7. The van der Waals surface area contributed by atoms with Gasteiger partial charge < -0.3 is 19.7 Å². The third-order valence-corrected chi connectivity index (χ3v) is 7.51. The molecule has 0 unspecified atom stereocenters. The first kappa shape index (κ1) is 27.3. The Morgan fingerprint density at radius 3 is 2.51 bits per heavy atom. The maximum absolute atomic E-state index is 15.1. The normalized spacial score (nSPS) is 17.2. The minimum Gasteiger partial charge on any atom is -0.490 e. The third kappa shape index (κ3) is 7.02. The van der Waals surface area contributed by atoms with E-state index in [0.717, 1.165) is 56.3 Å². The Kier molecular flexibility index (Phi) is 8.89. The molecule has 3 aromatic rings. The Bertz CT molecular complexity index is 1310. The first-order valence-electron chi connectivity index (χ1n) is 13.7. The van der Waals surface area contributed by atoms with Crippen LogP contribution in [0.4, 0.5) is 15.8 Å². The van der Waals surface area contributed by atoms with Crippen molar-refractivity contribution in [1.29, 1.82) is 0 Å². The lowest BCUT2D eigenvalue weighted by molar-refractivity contribution is -0.117. The highest BCUT2D eigenvalue weighted by Gasteiger charge is 2.20. The van der Waals surface area contributed by atoms with Crippen LogP contribution in [0.3, 0.4) is 0 Å². The molecule has 0 saturated carbocycles. The highest BCUT2D eigenvalue weighted by atomic mass is 35.5. The van der Waals surface area contributed by atoms with E-state index in [1.54, 1.807) is 24.3 Å². The summed E-state index contributed by atoms with van der Waals surface area (Å²) >= 11 is 6.27. The van der Waals surface area contributed by atoms with Crippen LogP contribution in [0.25, 0.3) is 0 Å². The van der Waals surface area contributed by atoms with Crippen LogP contribution in [0.5, 0.6) is 17.2 Å². The summed E-state index contributed by atoms with van der Waals surface area (Å²) in [5.41, 5.74) is 3.09. The third-order valence-electron chi connectivity index (χ3n) is 7.27. The number of nitrogens with zero attached hydrogens (tertiary/aromatic N) is 2. The van der Waals surface area contributed by atoms with Gasteiger partial charge >= 0.3 is 0 Å². The van der Waals surface area contributed by atoms with Crippen LogP contribution >= 0.6 is 11.6 Å². The SMILES string of the molecule is Cc1cc(N2CCCC2)c(F)cc1CN1CCCCCOc2ccccc2Oc2ccc(Cl)cc2NC(=O)C1. The number of carbonyl (C=O) groups excluding carboxylic acids is 1. The van der Waals surface area contributed by atoms with E-state index in [9.17, 15) is 4.79 Å². The van der Waals surface area contributed by atoms with Crippen molar-refractivity contribution in [2.45, 2.75) is 45.6 Å². The van der Waals surface area contributed by atoms with E-state index in [1.165, 1.54) is 0 Å². The highest BCUT2D eigenvalue weighted by Crippen LogP contribution is 2.37. The summed E-state index contributed by atoms with van der Waals surface area (Å²) in [5.74, 6) is 1.31. The maximum Gasteiger partial charge on any atom is 0.238 e. The molecule has 6 nitrogen and oxygen atoms in total. The molecule has 1 fully saturated rings. The lowest BCUT2D eigenvalue weighted by Gasteiger charge is -2.25. The lowest BCUT2D eigenvalue weighted by Crippen LogP contribution is -2.34. The summed E-state index contributed by atoms with van der Waals surface area (Å²) in [4.78, 5) is 17.5. The fraction of sp³-hybridized carbons (Fsp3) is 0.387. The summed E-state index contributed by atoms with van der Waals surface area (Å²) in [5, 5.41) is 3.47. The van der Waals surface area contributed by atoms with E-state index >= 15 is 4.39 Å². The second-order valence-electron chi connectivity index (χ2n) is 10.3. The van der Waals surface area contributed by atoms with Crippen molar-refractivity contribution in [3.8, 4) is 17.2 Å². The fourth-order valence-electron chi connectivity index (χ4n) is 5.18. The van der Waals surface area contributed by atoms with E-state index in [0.29, 0.717) is 53.3 Å². The summed E-state index contributed by atoms with van der Waals surface area (Å²) in [7, 11) is 0. The molecule has 0 bridgehead atoms. The molecule has 5 rings (SSSR count). The van der Waals surface area contributed by atoms with Gasteiger partial charge in [-0.3, -0.25) is 9.69 Å². The number of aryl methyl sites for hydroxylation is 1. The van der Waals surface area contributed by atoms with E-state index in [2.05, 4.69) is 15.1 Å². The van der Waals surface area contributed by atoms with Gasteiger partial charge in [0.15, 0.2) is 17.2 Å². The van der Waals surface area contributed by atoms with E-state index in [-0.39, 0.29) is 18.3 Å². The molecule has 0 aromatic heterocycles. The molecule has 39 heavy (non-hydrogen) atoms. The van der Waals surface area contributed by atoms with Gasteiger partial charge in [0.2, 0.25) is 5.91 Å². The predicted molar refractivity (Wildman–Crippen MR) is 154 cm³/mol. The number of anilines is 2. The number of halogens is 2. The molecule has 1 saturated heterocycles. The van der Waals surface area contributed by atoms with Gasteiger partial charge in [0, 0.05) is 24.7 Å². The zero-order valence-electron chi connectivity index (χ0n) is 22.3. The Hall–Kier alpha value is -3.29. The van der Waals surface area contributed by atoms with E-state index in [1.807, 2.05) is 37.3 Å². The van der Waals surface area contributed by atoms with Crippen molar-refractivity contribution in [2.75, 3.05) is 43.0 Å². The molecule has 1 amide bonds. The number of hydrogen-bond acceptors (Lipinski definition) is 5. The molecule has 206 valence electrons. The molecule has 0 aliphatic carbocycles. The van der Waals surface area contributed by atoms with Gasteiger partial charge in [0.25, 0.3) is 0 Å². The maximum atomic E-state index is 15.1. The molecule has 2 heterocycles. The zero-order chi connectivity index (χ0) is 27.2. The van der Waals surface area contributed by atoms with Gasteiger partial charge in [0.1, 0.15) is 5.82 Å². The van der Waals surface area contributed by atoms with Crippen LogP contribution in [-0.2, 0) is 11.3 Å². The molecule has 8 heteroatoms. The zero-order valence-corrected chi connectivity index (χ0v) is 23.1. The highest BCUT2D eigenvalue weighted by molar-refractivity contribution is 6.31. The topological polar surface area (TPSA) is 54.0 Å². The molecule has 0 atom stereocenters. The smallest absolute Gasteiger partial charge is 0.238 e. The van der Waals surface area contributed by atoms with Gasteiger partial charge in [-0.15, -0.1) is 0 Å². The number of nitrogens with one attached hydrogen (secondary N) is 1. The van der Waals surface area contributed by atoms with Crippen LogP contribution in [-0.4, -0.2) is 43.6 Å². The van der Waals surface area contributed by atoms with Gasteiger partial charge in [-0.2, -0.15) is 0 Å². The van der Waals surface area contributed by atoms with Gasteiger partial charge in [-0.1, -0.05) is 23.7 Å². The van der Waals surface area contributed by atoms with Crippen molar-refractivity contribution < 1.29 is 18.7 Å².